The van der Waals surface area contributed by atoms with Crippen LogP contribution in [0.4, 0.5) is 5.69 Å². The molecule has 2 rings (SSSR count). The first-order valence-corrected chi connectivity index (χ1v) is 7.01. The van der Waals surface area contributed by atoms with E-state index < -0.39 is 9.84 Å². The van der Waals surface area contributed by atoms with Gasteiger partial charge < -0.3 is 5.21 Å². The van der Waals surface area contributed by atoms with E-state index in [0.717, 1.165) is 0 Å². The minimum atomic E-state index is -3.61. The second-order valence-corrected chi connectivity index (χ2v) is 5.73. The molecule has 20 heavy (non-hydrogen) atoms. The lowest BCUT2D eigenvalue weighted by Crippen LogP contribution is -2.01. The fourth-order valence-corrected chi connectivity index (χ4v) is 2.87. The number of rotatable bonds is 3. The summed E-state index contributed by atoms with van der Waals surface area (Å²) in [5.74, 6) is 0. The summed E-state index contributed by atoms with van der Waals surface area (Å²) in [5.41, 5.74) is 0.0820. The summed E-state index contributed by atoms with van der Waals surface area (Å²) in [4.78, 5) is 0.366. The van der Waals surface area contributed by atoms with Crippen molar-refractivity contribution in [1.82, 2.24) is 0 Å². The predicted octanol–water partition coefficient (Wildman–Crippen LogP) is 2.59. The van der Waals surface area contributed by atoms with Crippen molar-refractivity contribution in [1.29, 1.82) is 5.26 Å². The van der Waals surface area contributed by atoms with Gasteiger partial charge in [-0.25, -0.2) is 8.42 Å². The van der Waals surface area contributed by atoms with Crippen LogP contribution in [0.2, 0.25) is 0 Å². The standard InChI is InChI=1S/C13H9N3O3S/c14-10-15-16(17)11-6-8-13(9-7-11)20(18,19)12-4-2-1-3-5-12/h1-9H. The van der Waals surface area contributed by atoms with E-state index in [1.54, 1.807) is 18.2 Å². The molecule has 0 bridgehead atoms. The van der Waals surface area contributed by atoms with Crippen molar-refractivity contribution >= 4 is 15.5 Å². The fourth-order valence-electron chi connectivity index (χ4n) is 1.59. The van der Waals surface area contributed by atoms with E-state index in [1.807, 2.05) is 0 Å². The third-order valence-electron chi connectivity index (χ3n) is 2.56. The third-order valence-corrected chi connectivity index (χ3v) is 4.34. The Bertz CT molecular complexity index is 776. The van der Waals surface area contributed by atoms with E-state index in [0.29, 0.717) is 0 Å². The first kappa shape index (κ1) is 13.7. The molecule has 7 heteroatoms. The Morgan fingerprint density at radius 1 is 1.00 bits per heavy atom. The number of azo groups is 1. The summed E-state index contributed by atoms with van der Waals surface area (Å²) in [7, 11) is -3.61. The highest BCUT2D eigenvalue weighted by Gasteiger charge is 2.17. The van der Waals surface area contributed by atoms with Gasteiger partial charge in [0.1, 0.15) is 0 Å². The largest absolute Gasteiger partial charge is 0.593 e. The SMILES string of the molecule is N#CN=[N+]([O-])c1ccc(S(=O)(=O)c2ccccc2)cc1. The van der Waals surface area contributed by atoms with Crippen LogP contribution >= 0.6 is 0 Å². The monoisotopic (exact) mass is 287 g/mol. The van der Waals surface area contributed by atoms with Gasteiger partial charge >= 0.3 is 0 Å². The molecule has 0 aliphatic carbocycles. The average Bonchev–Trinajstić information content (AvgIpc) is 2.48. The normalized spacial score (nSPS) is 11.8. The van der Waals surface area contributed by atoms with Crippen molar-refractivity contribution < 1.29 is 13.3 Å². The van der Waals surface area contributed by atoms with Crippen LogP contribution < -0.4 is 0 Å². The third kappa shape index (κ3) is 2.65. The predicted molar refractivity (Wildman–Crippen MR) is 69.7 cm³/mol. The summed E-state index contributed by atoms with van der Waals surface area (Å²) in [6.07, 6.45) is 1.36. The molecule has 2 aromatic rings. The van der Waals surface area contributed by atoms with Gasteiger partial charge in [0, 0.05) is 12.1 Å². The van der Waals surface area contributed by atoms with Gasteiger partial charge in [0.15, 0.2) is 0 Å². The zero-order valence-corrected chi connectivity index (χ0v) is 11.0. The zero-order chi connectivity index (χ0) is 14.6. The summed E-state index contributed by atoms with van der Waals surface area (Å²) >= 11 is 0. The number of hydrogen-bond acceptors (Lipinski definition) is 5. The summed E-state index contributed by atoms with van der Waals surface area (Å²) in [6, 6.07) is 13.2. The highest BCUT2D eigenvalue weighted by atomic mass is 32.2. The maximum absolute atomic E-state index is 12.3. The second kappa shape index (κ2) is 5.50. The number of sulfone groups is 1. The molecule has 0 radical (unpaired) electrons. The van der Waals surface area contributed by atoms with E-state index in [4.69, 9.17) is 5.26 Å². The molecule has 2 aromatic carbocycles. The van der Waals surface area contributed by atoms with Crippen molar-refractivity contribution in [2.24, 2.45) is 5.11 Å². The van der Waals surface area contributed by atoms with Gasteiger partial charge in [0.25, 0.3) is 6.19 Å². The number of hydrogen-bond donors (Lipinski definition) is 0. The Morgan fingerprint density at radius 3 is 2.10 bits per heavy atom. The molecule has 0 atom stereocenters. The highest BCUT2D eigenvalue weighted by molar-refractivity contribution is 7.91. The van der Waals surface area contributed by atoms with Crippen molar-refractivity contribution in [3.05, 3.63) is 59.8 Å². The second-order valence-electron chi connectivity index (χ2n) is 3.78. The summed E-state index contributed by atoms with van der Waals surface area (Å²) in [6.45, 7) is 0. The molecule has 0 N–H and O–H groups in total. The molecule has 100 valence electrons. The summed E-state index contributed by atoms with van der Waals surface area (Å²) < 4.78 is 24.5. The van der Waals surface area contributed by atoms with Crippen molar-refractivity contribution in [3.8, 4) is 6.19 Å². The van der Waals surface area contributed by atoms with E-state index in [-0.39, 0.29) is 20.3 Å². The van der Waals surface area contributed by atoms with Gasteiger partial charge in [-0.15, -0.1) is 0 Å². The lowest BCUT2D eigenvalue weighted by molar-refractivity contribution is -0.435. The van der Waals surface area contributed by atoms with E-state index in [9.17, 15) is 13.6 Å². The average molecular weight is 287 g/mol. The Morgan fingerprint density at radius 2 is 1.55 bits per heavy atom. The zero-order valence-electron chi connectivity index (χ0n) is 10.2. The molecule has 0 amide bonds. The van der Waals surface area contributed by atoms with E-state index >= 15 is 0 Å². The smallest absolute Gasteiger partial charge is 0.274 e. The molecule has 0 unspecified atom stereocenters. The topological polar surface area (TPSA) is 96.4 Å². The maximum atomic E-state index is 12.3. The van der Waals surface area contributed by atoms with Crippen LogP contribution in [-0.4, -0.2) is 13.3 Å². The van der Waals surface area contributed by atoms with E-state index in [1.165, 1.54) is 42.6 Å². The lowest BCUT2D eigenvalue weighted by atomic mass is 10.3. The van der Waals surface area contributed by atoms with Crippen molar-refractivity contribution in [2.75, 3.05) is 0 Å². The fraction of sp³-hybridized carbons (Fsp3) is 0. The number of nitrogens with zero attached hydrogens (tertiary/aromatic N) is 3. The lowest BCUT2D eigenvalue weighted by Gasteiger charge is -2.04. The number of benzene rings is 2. The Balaban J connectivity index is 2.41. The molecular weight excluding hydrogens is 278 g/mol. The van der Waals surface area contributed by atoms with Gasteiger partial charge in [-0.05, 0) is 29.1 Å². The minimum absolute atomic E-state index is 0.0674. The van der Waals surface area contributed by atoms with Gasteiger partial charge in [-0.2, -0.15) is 5.26 Å². The maximum Gasteiger partial charge on any atom is 0.274 e. The van der Waals surface area contributed by atoms with Crippen LogP contribution in [0.15, 0.2) is 69.5 Å². The van der Waals surface area contributed by atoms with Gasteiger partial charge in [0.05, 0.1) is 14.9 Å². The Labute approximate surface area is 115 Å². The number of nitriles is 1. The van der Waals surface area contributed by atoms with Crippen molar-refractivity contribution in [3.63, 3.8) is 0 Å². The molecular formula is C13H9N3O3S. The Kier molecular flexibility index (Phi) is 3.77. The van der Waals surface area contributed by atoms with Gasteiger partial charge in [-0.3, -0.25) is 0 Å². The van der Waals surface area contributed by atoms with Crippen LogP contribution in [-0.2, 0) is 9.84 Å². The molecule has 0 aliphatic heterocycles. The first-order valence-electron chi connectivity index (χ1n) is 5.53. The molecule has 0 heterocycles. The van der Waals surface area contributed by atoms with E-state index in [2.05, 4.69) is 5.11 Å². The minimum Gasteiger partial charge on any atom is -0.593 e. The molecule has 6 nitrogen and oxygen atoms in total. The van der Waals surface area contributed by atoms with Gasteiger partial charge in [-0.1, -0.05) is 18.2 Å². The van der Waals surface area contributed by atoms with Gasteiger partial charge in [0.2, 0.25) is 15.5 Å². The van der Waals surface area contributed by atoms with Crippen LogP contribution in [0.1, 0.15) is 0 Å². The van der Waals surface area contributed by atoms with Crippen LogP contribution in [0, 0.1) is 16.7 Å². The highest BCUT2D eigenvalue weighted by Crippen LogP contribution is 2.22. The quantitative estimate of drug-likeness (QED) is 0.375. The van der Waals surface area contributed by atoms with Crippen LogP contribution in [0.3, 0.4) is 0 Å². The first-order chi connectivity index (χ1) is 9.55. The molecule has 0 saturated carbocycles. The Hall–Kier alpha value is -2.72. The molecule has 0 spiro atoms. The molecule has 0 saturated heterocycles. The molecule has 0 aromatic heterocycles. The van der Waals surface area contributed by atoms with Crippen LogP contribution in [0.5, 0.6) is 0 Å². The molecule has 0 aliphatic rings. The summed E-state index contributed by atoms with van der Waals surface area (Å²) in [5, 5.41) is 22.5. The molecule has 0 fully saturated rings. The van der Waals surface area contributed by atoms with Crippen LogP contribution in [0.25, 0.3) is 0 Å². The van der Waals surface area contributed by atoms with Crippen molar-refractivity contribution in [2.45, 2.75) is 9.79 Å².